The van der Waals surface area contributed by atoms with Crippen LogP contribution in [0.5, 0.6) is 0 Å². The summed E-state index contributed by atoms with van der Waals surface area (Å²) in [4.78, 5) is 6.32. The summed E-state index contributed by atoms with van der Waals surface area (Å²) in [7, 11) is 0. The van der Waals surface area contributed by atoms with Gasteiger partial charge in [0.25, 0.3) is 0 Å². The first-order chi connectivity index (χ1) is 9.66. The molecule has 0 radical (unpaired) electrons. The fourth-order valence-electron chi connectivity index (χ4n) is 2.41. The Morgan fingerprint density at radius 1 is 1.10 bits per heavy atom. The maximum absolute atomic E-state index is 6.30. The Bertz CT molecular complexity index is 655. The summed E-state index contributed by atoms with van der Waals surface area (Å²) in [6, 6.07) is 15.3. The van der Waals surface area contributed by atoms with Crippen LogP contribution in [-0.4, -0.2) is 12.5 Å². The van der Waals surface area contributed by atoms with Crippen molar-refractivity contribution in [1.82, 2.24) is 0 Å². The number of benzene rings is 2. The van der Waals surface area contributed by atoms with Gasteiger partial charge >= 0.3 is 0 Å². The van der Waals surface area contributed by atoms with Crippen LogP contribution in [0.2, 0.25) is 10.0 Å². The molecule has 1 unspecified atom stereocenters. The highest BCUT2D eigenvalue weighted by molar-refractivity contribution is 6.33. The maximum atomic E-state index is 6.30. The van der Waals surface area contributed by atoms with Crippen LogP contribution in [0.25, 0.3) is 0 Å². The minimum atomic E-state index is -0.0244. The van der Waals surface area contributed by atoms with Crippen molar-refractivity contribution in [3.8, 4) is 0 Å². The summed E-state index contributed by atoms with van der Waals surface area (Å²) in [5, 5.41) is 1.33. The minimum Gasteiger partial charge on any atom is -0.369 e. The number of hydrogen-bond acceptors (Lipinski definition) is 3. The lowest BCUT2D eigenvalue weighted by Gasteiger charge is -2.27. The molecule has 1 aliphatic rings. The van der Waals surface area contributed by atoms with E-state index in [2.05, 4.69) is 4.99 Å². The van der Waals surface area contributed by atoms with Gasteiger partial charge in [-0.1, -0.05) is 41.4 Å². The first kappa shape index (κ1) is 13.3. The Kier molecular flexibility index (Phi) is 3.55. The Hall–Kier alpha value is -1.71. The molecule has 0 saturated carbocycles. The number of guanidine groups is 1. The highest BCUT2D eigenvalue weighted by atomic mass is 35.5. The lowest BCUT2D eigenvalue weighted by molar-refractivity contribution is 0.769. The van der Waals surface area contributed by atoms with Gasteiger partial charge in [0.2, 0.25) is 0 Å². The number of rotatable bonds is 2. The molecule has 1 atom stereocenters. The first-order valence-electron chi connectivity index (χ1n) is 6.26. The van der Waals surface area contributed by atoms with E-state index in [0.29, 0.717) is 22.5 Å². The summed E-state index contributed by atoms with van der Waals surface area (Å²) in [5.74, 6) is 0.497. The van der Waals surface area contributed by atoms with E-state index in [-0.39, 0.29) is 6.04 Å². The van der Waals surface area contributed by atoms with E-state index in [9.17, 15) is 0 Å². The second-order valence-electron chi connectivity index (χ2n) is 4.59. The minimum absolute atomic E-state index is 0.0244. The highest BCUT2D eigenvalue weighted by Crippen LogP contribution is 2.35. The van der Waals surface area contributed by atoms with E-state index in [1.807, 2.05) is 41.3 Å². The van der Waals surface area contributed by atoms with Crippen molar-refractivity contribution in [3.05, 3.63) is 64.1 Å². The Labute approximate surface area is 127 Å². The standard InChI is InChI=1S/C15H13Cl2N3/c16-10-6-7-13(17)12(8-10)14-9-19-15(18)20(14)11-4-2-1-3-5-11/h1-8,14H,9H2,(H2,18,19). The number of nitrogens with zero attached hydrogens (tertiary/aromatic N) is 2. The van der Waals surface area contributed by atoms with Crippen LogP contribution in [0.15, 0.2) is 53.5 Å². The molecule has 0 fully saturated rings. The van der Waals surface area contributed by atoms with Gasteiger partial charge < -0.3 is 10.6 Å². The molecule has 2 aromatic carbocycles. The van der Waals surface area contributed by atoms with E-state index < -0.39 is 0 Å². The van der Waals surface area contributed by atoms with Gasteiger partial charge in [-0.2, -0.15) is 0 Å². The molecule has 3 rings (SSSR count). The molecule has 0 amide bonds. The van der Waals surface area contributed by atoms with Crippen molar-refractivity contribution in [2.45, 2.75) is 6.04 Å². The second-order valence-corrected chi connectivity index (χ2v) is 5.43. The van der Waals surface area contributed by atoms with Crippen LogP contribution in [0, 0.1) is 0 Å². The third-order valence-corrected chi connectivity index (χ3v) is 3.92. The van der Waals surface area contributed by atoms with E-state index in [0.717, 1.165) is 11.3 Å². The average Bonchev–Trinajstić information content (AvgIpc) is 2.84. The van der Waals surface area contributed by atoms with Gasteiger partial charge in [0.1, 0.15) is 0 Å². The molecule has 1 aliphatic heterocycles. The topological polar surface area (TPSA) is 41.6 Å². The molecule has 3 nitrogen and oxygen atoms in total. The predicted octanol–water partition coefficient (Wildman–Crippen LogP) is 3.87. The van der Waals surface area contributed by atoms with Crippen molar-refractivity contribution < 1.29 is 0 Å². The molecule has 1 heterocycles. The van der Waals surface area contributed by atoms with Crippen LogP contribution in [0.3, 0.4) is 0 Å². The molecular weight excluding hydrogens is 293 g/mol. The quantitative estimate of drug-likeness (QED) is 0.915. The van der Waals surface area contributed by atoms with Gasteiger partial charge in [0.15, 0.2) is 5.96 Å². The molecule has 0 aromatic heterocycles. The van der Waals surface area contributed by atoms with Crippen LogP contribution in [0.1, 0.15) is 11.6 Å². The zero-order valence-corrected chi connectivity index (χ0v) is 12.1. The van der Waals surface area contributed by atoms with Crippen LogP contribution in [0.4, 0.5) is 5.69 Å². The van der Waals surface area contributed by atoms with Crippen LogP contribution >= 0.6 is 23.2 Å². The summed E-state index contributed by atoms with van der Waals surface area (Å²) in [5.41, 5.74) is 7.96. The second kappa shape index (κ2) is 5.35. The van der Waals surface area contributed by atoms with Gasteiger partial charge in [-0.3, -0.25) is 4.99 Å². The predicted molar refractivity (Wildman–Crippen MR) is 84.6 cm³/mol. The summed E-state index contributed by atoms with van der Waals surface area (Å²) in [6.07, 6.45) is 0. The van der Waals surface area contributed by atoms with Crippen LogP contribution < -0.4 is 10.6 Å². The normalized spacial score (nSPS) is 18.2. The fourth-order valence-corrected chi connectivity index (χ4v) is 2.83. The number of anilines is 1. The van der Waals surface area contributed by atoms with E-state index in [4.69, 9.17) is 28.9 Å². The Balaban J connectivity index is 2.04. The zero-order chi connectivity index (χ0) is 14.1. The number of hydrogen-bond donors (Lipinski definition) is 1. The molecule has 0 saturated heterocycles. The maximum Gasteiger partial charge on any atom is 0.196 e. The first-order valence-corrected chi connectivity index (χ1v) is 7.01. The van der Waals surface area contributed by atoms with E-state index in [1.165, 1.54) is 0 Å². The molecule has 20 heavy (non-hydrogen) atoms. The summed E-state index contributed by atoms with van der Waals surface area (Å²) < 4.78 is 0. The Morgan fingerprint density at radius 2 is 1.85 bits per heavy atom. The molecule has 5 heteroatoms. The average molecular weight is 306 g/mol. The van der Waals surface area contributed by atoms with Crippen molar-refractivity contribution in [1.29, 1.82) is 0 Å². The molecule has 0 aliphatic carbocycles. The Morgan fingerprint density at radius 3 is 2.60 bits per heavy atom. The number of nitrogens with two attached hydrogens (primary N) is 1. The highest BCUT2D eigenvalue weighted by Gasteiger charge is 2.30. The van der Waals surface area contributed by atoms with E-state index in [1.54, 1.807) is 12.1 Å². The van der Waals surface area contributed by atoms with Gasteiger partial charge in [0.05, 0.1) is 12.6 Å². The van der Waals surface area contributed by atoms with Gasteiger partial charge in [-0.15, -0.1) is 0 Å². The van der Waals surface area contributed by atoms with Crippen molar-refractivity contribution in [2.75, 3.05) is 11.4 Å². The fraction of sp³-hybridized carbons (Fsp3) is 0.133. The zero-order valence-electron chi connectivity index (χ0n) is 10.6. The van der Waals surface area contributed by atoms with Gasteiger partial charge in [-0.05, 0) is 35.9 Å². The lowest BCUT2D eigenvalue weighted by Crippen LogP contribution is -2.36. The SMILES string of the molecule is NC1=NCC(c2cc(Cl)ccc2Cl)N1c1ccccc1. The van der Waals surface area contributed by atoms with Gasteiger partial charge in [-0.25, -0.2) is 0 Å². The smallest absolute Gasteiger partial charge is 0.196 e. The largest absolute Gasteiger partial charge is 0.369 e. The van der Waals surface area contributed by atoms with Crippen LogP contribution in [-0.2, 0) is 0 Å². The monoisotopic (exact) mass is 305 g/mol. The third-order valence-electron chi connectivity index (χ3n) is 3.34. The summed E-state index contributed by atoms with van der Waals surface area (Å²) in [6.45, 7) is 0.570. The van der Waals surface area contributed by atoms with Crippen molar-refractivity contribution in [3.63, 3.8) is 0 Å². The molecule has 0 spiro atoms. The van der Waals surface area contributed by atoms with Crippen molar-refractivity contribution in [2.24, 2.45) is 10.7 Å². The number of para-hydroxylation sites is 1. The molecule has 2 N–H and O–H groups in total. The third kappa shape index (κ3) is 2.35. The molecule has 2 aromatic rings. The van der Waals surface area contributed by atoms with Gasteiger partial charge in [0, 0.05) is 15.7 Å². The molecular formula is C15H13Cl2N3. The van der Waals surface area contributed by atoms with E-state index >= 15 is 0 Å². The lowest BCUT2D eigenvalue weighted by atomic mass is 10.1. The summed E-state index contributed by atoms with van der Waals surface area (Å²) >= 11 is 12.4. The number of halogens is 2. The van der Waals surface area contributed by atoms with Crippen molar-refractivity contribution >= 4 is 34.8 Å². The number of aliphatic imine (C=N–C) groups is 1. The molecule has 0 bridgehead atoms. The molecule has 102 valence electrons.